The number of carbonyl (C=O) groups excluding carboxylic acids is 2. The molecular formula is C33H49ClN6O4. The van der Waals surface area contributed by atoms with Crippen LogP contribution in [0.1, 0.15) is 69.9 Å². The molecule has 0 aliphatic carbocycles. The Labute approximate surface area is 267 Å². The van der Waals surface area contributed by atoms with Crippen molar-refractivity contribution in [2.45, 2.75) is 59.2 Å². The van der Waals surface area contributed by atoms with Crippen molar-refractivity contribution >= 4 is 29.7 Å². The summed E-state index contributed by atoms with van der Waals surface area (Å²) in [5, 5.41) is 3.62. The fourth-order valence-electron chi connectivity index (χ4n) is 4.95. The van der Waals surface area contributed by atoms with Crippen molar-refractivity contribution in [1.82, 2.24) is 24.7 Å². The molecule has 0 bridgehead atoms. The molecule has 2 aromatic rings. The zero-order valence-electron chi connectivity index (χ0n) is 27.1. The molecule has 1 saturated heterocycles. The van der Waals surface area contributed by atoms with Crippen LogP contribution in [-0.4, -0.2) is 77.4 Å². The standard InChI is InChI=1S/C31H43ClN6O4.C2H6/c1-22(2)42-31(40)38-15-13-37(14-16-38)28(17-23(3)7-6-12-33)26-10-9-25(32)18-24(26)8-11-27(35-30(39)20-41-5)29-19-34-21-36(29)4;1-2/h6-12,18-19,21-22,27-28H,13-17,20,33H2,1-5H3,(H,35,39);1-2H3/b11-8+,12-6-,23-7-;. The molecule has 2 amide bonds. The van der Waals surface area contributed by atoms with Crippen molar-refractivity contribution < 1.29 is 19.1 Å². The molecule has 1 aromatic heterocycles. The Morgan fingerprint density at radius 3 is 2.48 bits per heavy atom. The Hall–Kier alpha value is -3.60. The van der Waals surface area contributed by atoms with E-state index < -0.39 is 6.04 Å². The van der Waals surface area contributed by atoms with Gasteiger partial charge in [0.15, 0.2) is 0 Å². The number of ether oxygens (including phenoxy) is 2. The predicted octanol–water partition coefficient (Wildman–Crippen LogP) is 5.63. The molecule has 3 rings (SSSR count). The van der Waals surface area contributed by atoms with Gasteiger partial charge in [0.25, 0.3) is 0 Å². The number of nitrogens with zero attached hydrogens (tertiary/aromatic N) is 4. The number of hydrogen-bond acceptors (Lipinski definition) is 7. The molecule has 1 aromatic carbocycles. The average Bonchev–Trinajstić information content (AvgIpc) is 3.43. The maximum atomic E-state index is 12.5. The summed E-state index contributed by atoms with van der Waals surface area (Å²) in [7, 11) is 3.37. The molecule has 242 valence electrons. The van der Waals surface area contributed by atoms with Gasteiger partial charge in [-0.25, -0.2) is 9.78 Å². The minimum Gasteiger partial charge on any atom is -0.447 e. The molecule has 10 nitrogen and oxygen atoms in total. The Balaban J connectivity index is 0.00000330. The number of nitrogens with two attached hydrogens (primary N) is 1. The Morgan fingerprint density at radius 1 is 1.18 bits per heavy atom. The molecule has 2 unspecified atom stereocenters. The van der Waals surface area contributed by atoms with Crippen LogP contribution in [0.5, 0.6) is 0 Å². The number of halogens is 1. The lowest BCUT2D eigenvalue weighted by molar-refractivity contribution is -0.125. The van der Waals surface area contributed by atoms with E-state index in [1.165, 1.54) is 13.3 Å². The highest BCUT2D eigenvalue weighted by Crippen LogP contribution is 2.34. The Morgan fingerprint density at radius 2 is 1.89 bits per heavy atom. The fourth-order valence-corrected chi connectivity index (χ4v) is 5.13. The van der Waals surface area contributed by atoms with Gasteiger partial charge in [-0.3, -0.25) is 9.69 Å². The molecule has 3 N–H and O–H groups in total. The number of methoxy groups -OCH3 is 1. The molecule has 0 radical (unpaired) electrons. The second kappa shape index (κ2) is 18.9. The largest absolute Gasteiger partial charge is 0.447 e. The van der Waals surface area contributed by atoms with Gasteiger partial charge >= 0.3 is 6.09 Å². The van der Waals surface area contributed by atoms with E-state index in [0.717, 1.165) is 28.8 Å². The quantitative estimate of drug-likeness (QED) is 0.293. The molecule has 11 heteroatoms. The highest BCUT2D eigenvalue weighted by atomic mass is 35.5. The number of aryl methyl sites for hydroxylation is 1. The third-order valence-corrected chi connectivity index (χ3v) is 7.23. The van der Waals surface area contributed by atoms with Gasteiger partial charge in [-0.05, 0) is 62.7 Å². The first-order chi connectivity index (χ1) is 21.1. The van der Waals surface area contributed by atoms with Gasteiger partial charge in [0.2, 0.25) is 5.91 Å². The number of nitrogens with one attached hydrogen (secondary N) is 1. The lowest BCUT2D eigenvalue weighted by Gasteiger charge is -2.40. The number of aromatic nitrogens is 2. The lowest BCUT2D eigenvalue weighted by Crippen LogP contribution is -2.50. The van der Waals surface area contributed by atoms with Crippen molar-refractivity contribution in [3.8, 4) is 0 Å². The van der Waals surface area contributed by atoms with Gasteiger partial charge in [-0.1, -0.05) is 55.3 Å². The van der Waals surface area contributed by atoms with E-state index in [4.69, 9.17) is 26.8 Å². The molecule has 2 heterocycles. The fraction of sp³-hybridized carbons (Fsp3) is 0.485. The smallest absolute Gasteiger partial charge is 0.410 e. The highest BCUT2D eigenvalue weighted by Gasteiger charge is 2.29. The van der Waals surface area contributed by atoms with Gasteiger partial charge in [0.1, 0.15) is 6.61 Å². The van der Waals surface area contributed by atoms with Crippen LogP contribution in [0.25, 0.3) is 6.08 Å². The summed E-state index contributed by atoms with van der Waals surface area (Å²) < 4.78 is 12.3. The van der Waals surface area contributed by atoms with Crippen molar-refractivity contribution in [2.75, 3.05) is 39.9 Å². The monoisotopic (exact) mass is 628 g/mol. The van der Waals surface area contributed by atoms with Crippen LogP contribution in [0.15, 0.2) is 60.7 Å². The molecule has 44 heavy (non-hydrogen) atoms. The van der Waals surface area contributed by atoms with E-state index in [9.17, 15) is 9.59 Å². The number of allylic oxidation sites excluding steroid dienone is 2. The number of carbonyl (C=O) groups is 2. The van der Waals surface area contributed by atoms with E-state index >= 15 is 0 Å². The molecular weight excluding hydrogens is 580 g/mol. The second-order valence-corrected chi connectivity index (χ2v) is 11.0. The van der Waals surface area contributed by atoms with Crippen molar-refractivity contribution in [3.05, 3.63) is 82.6 Å². The maximum Gasteiger partial charge on any atom is 0.410 e. The summed E-state index contributed by atoms with van der Waals surface area (Å²) in [5.41, 5.74) is 9.61. The summed E-state index contributed by atoms with van der Waals surface area (Å²) in [6.45, 7) is 12.3. The van der Waals surface area contributed by atoms with Crippen LogP contribution in [0.2, 0.25) is 5.02 Å². The van der Waals surface area contributed by atoms with E-state index in [1.807, 2.05) is 75.7 Å². The SMILES string of the molecule is CC.COCC(=O)NC(/C=C/c1cc(Cl)ccc1C(C/C(C)=C\C=C/N)N1CCN(C(=O)OC(C)C)CC1)c1cncn1C. The van der Waals surface area contributed by atoms with Crippen LogP contribution >= 0.6 is 11.6 Å². The van der Waals surface area contributed by atoms with Crippen LogP contribution < -0.4 is 11.1 Å². The summed E-state index contributed by atoms with van der Waals surface area (Å²) in [5.74, 6) is -0.236. The van der Waals surface area contributed by atoms with Gasteiger partial charge in [0, 0.05) is 51.4 Å². The van der Waals surface area contributed by atoms with Crippen molar-refractivity contribution in [3.63, 3.8) is 0 Å². The van der Waals surface area contributed by atoms with E-state index in [1.54, 1.807) is 17.4 Å². The van der Waals surface area contributed by atoms with E-state index in [2.05, 4.69) is 28.2 Å². The first kappa shape index (κ1) is 36.6. The predicted molar refractivity (Wildman–Crippen MR) is 177 cm³/mol. The number of hydrogen-bond donors (Lipinski definition) is 2. The lowest BCUT2D eigenvalue weighted by atomic mass is 9.92. The van der Waals surface area contributed by atoms with Gasteiger partial charge in [-0.15, -0.1) is 0 Å². The normalized spacial score (nSPS) is 15.8. The maximum absolute atomic E-state index is 12.5. The van der Waals surface area contributed by atoms with Crippen LogP contribution in [0.4, 0.5) is 4.79 Å². The summed E-state index contributed by atoms with van der Waals surface area (Å²) >= 11 is 6.50. The first-order valence-electron chi connectivity index (χ1n) is 15.1. The summed E-state index contributed by atoms with van der Waals surface area (Å²) in [6, 6.07) is 5.46. The molecule has 1 aliphatic heterocycles. The van der Waals surface area contributed by atoms with Crippen LogP contribution in [0.3, 0.4) is 0 Å². The van der Waals surface area contributed by atoms with Crippen LogP contribution in [-0.2, 0) is 21.3 Å². The molecule has 0 saturated carbocycles. The zero-order valence-corrected chi connectivity index (χ0v) is 27.9. The van der Waals surface area contributed by atoms with Crippen molar-refractivity contribution in [1.29, 1.82) is 0 Å². The summed E-state index contributed by atoms with van der Waals surface area (Å²) in [6.07, 6.45) is 13.0. The Bertz CT molecular complexity index is 1280. The zero-order chi connectivity index (χ0) is 32.6. The number of piperazine rings is 1. The third-order valence-electron chi connectivity index (χ3n) is 7.00. The number of imidazole rings is 1. The van der Waals surface area contributed by atoms with Gasteiger partial charge < -0.3 is 30.0 Å². The number of amides is 2. The minimum atomic E-state index is -0.433. The second-order valence-electron chi connectivity index (χ2n) is 10.6. The molecule has 1 fully saturated rings. The number of rotatable bonds is 12. The Kier molecular flexibility index (Phi) is 15.7. The number of benzene rings is 1. The van der Waals surface area contributed by atoms with Gasteiger partial charge in [-0.2, -0.15) is 0 Å². The minimum absolute atomic E-state index is 0.00541. The van der Waals surface area contributed by atoms with Gasteiger partial charge in [0.05, 0.1) is 30.4 Å². The average molecular weight is 629 g/mol. The first-order valence-corrected chi connectivity index (χ1v) is 15.5. The third kappa shape index (κ3) is 11.2. The highest BCUT2D eigenvalue weighted by molar-refractivity contribution is 6.30. The molecule has 1 aliphatic rings. The topological polar surface area (TPSA) is 115 Å². The van der Waals surface area contributed by atoms with E-state index in [0.29, 0.717) is 31.2 Å². The summed E-state index contributed by atoms with van der Waals surface area (Å²) in [4.78, 5) is 33.4. The van der Waals surface area contributed by atoms with Crippen LogP contribution in [0, 0.1) is 0 Å². The molecule has 0 spiro atoms. The molecule has 2 atom stereocenters. The van der Waals surface area contributed by atoms with Crippen molar-refractivity contribution in [2.24, 2.45) is 12.8 Å². The van der Waals surface area contributed by atoms with E-state index in [-0.39, 0.29) is 30.8 Å².